The fourth-order valence-corrected chi connectivity index (χ4v) is 3.39. The standard InChI is InChI=1S/C20H21NO6/c1-24-16-6-5-13-14(10-15(16)23)21(11-22)8-7-12-9-17(25-2)19(26-3)20(27-4)18(12)13/h5-6,9-11H,7-8H2,1-4H3. The third-order valence-electron chi connectivity index (χ3n) is 4.65. The third-order valence-corrected chi connectivity index (χ3v) is 4.65. The summed E-state index contributed by atoms with van der Waals surface area (Å²) in [5.41, 5.74) is 2.53. The highest BCUT2D eigenvalue weighted by Gasteiger charge is 2.27. The number of hydrogen-bond acceptors (Lipinski definition) is 6. The molecule has 0 unspecified atom stereocenters. The summed E-state index contributed by atoms with van der Waals surface area (Å²) in [6, 6.07) is 6.63. The molecule has 1 heterocycles. The quantitative estimate of drug-likeness (QED) is 0.751. The summed E-state index contributed by atoms with van der Waals surface area (Å²) in [7, 11) is 6.07. The number of carbonyl (C=O) groups excluding carboxylic acids is 1. The van der Waals surface area contributed by atoms with Gasteiger partial charge in [-0.25, -0.2) is 0 Å². The van der Waals surface area contributed by atoms with Gasteiger partial charge in [0.15, 0.2) is 17.2 Å². The van der Waals surface area contributed by atoms with Gasteiger partial charge in [0.2, 0.25) is 17.6 Å². The van der Waals surface area contributed by atoms with Gasteiger partial charge in [-0.2, -0.15) is 0 Å². The molecule has 0 spiro atoms. The number of fused-ring (bicyclic) bond motifs is 3. The van der Waals surface area contributed by atoms with Crippen molar-refractivity contribution in [2.75, 3.05) is 39.9 Å². The molecular formula is C20H21NO6. The first kappa shape index (κ1) is 18.6. The number of benzene rings is 1. The zero-order valence-corrected chi connectivity index (χ0v) is 15.7. The Hall–Kier alpha value is -3.22. The van der Waals surface area contributed by atoms with Crippen molar-refractivity contribution in [1.82, 2.24) is 0 Å². The molecule has 2 aromatic carbocycles. The molecule has 27 heavy (non-hydrogen) atoms. The Balaban J connectivity index is 2.45. The normalized spacial score (nSPS) is 12.4. The zero-order valence-electron chi connectivity index (χ0n) is 15.7. The summed E-state index contributed by atoms with van der Waals surface area (Å²) in [6.45, 7) is 0.411. The number of nitrogens with zero attached hydrogens (tertiary/aromatic N) is 1. The van der Waals surface area contributed by atoms with E-state index < -0.39 is 0 Å². The Bertz CT molecular complexity index is 941. The number of ether oxygens (including phenoxy) is 4. The molecule has 0 aromatic heterocycles. The molecule has 142 valence electrons. The van der Waals surface area contributed by atoms with E-state index in [-0.39, 0.29) is 11.2 Å². The average Bonchev–Trinajstić information content (AvgIpc) is 2.94. The van der Waals surface area contributed by atoms with Gasteiger partial charge in [0.05, 0.1) is 34.1 Å². The monoisotopic (exact) mass is 371 g/mol. The molecular weight excluding hydrogens is 350 g/mol. The second kappa shape index (κ2) is 7.57. The highest BCUT2D eigenvalue weighted by atomic mass is 16.5. The first-order chi connectivity index (χ1) is 13.1. The molecule has 1 aliphatic heterocycles. The maximum atomic E-state index is 12.4. The second-order valence-corrected chi connectivity index (χ2v) is 5.94. The van der Waals surface area contributed by atoms with Crippen molar-refractivity contribution in [3.05, 3.63) is 40.1 Å². The summed E-state index contributed by atoms with van der Waals surface area (Å²) in [4.78, 5) is 25.7. The van der Waals surface area contributed by atoms with Crippen LogP contribution >= 0.6 is 0 Å². The van der Waals surface area contributed by atoms with Crippen molar-refractivity contribution in [1.29, 1.82) is 0 Å². The number of amides is 1. The molecule has 0 fully saturated rings. The highest BCUT2D eigenvalue weighted by Crippen LogP contribution is 2.49. The number of rotatable bonds is 5. The van der Waals surface area contributed by atoms with Crippen LogP contribution in [0.15, 0.2) is 29.1 Å². The Morgan fingerprint density at radius 2 is 1.63 bits per heavy atom. The van der Waals surface area contributed by atoms with E-state index in [1.54, 1.807) is 26.4 Å². The van der Waals surface area contributed by atoms with Crippen LogP contribution in [0, 0.1) is 0 Å². The second-order valence-electron chi connectivity index (χ2n) is 5.94. The number of carbonyl (C=O) groups is 1. The van der Waals surface area contributed by atoms with Crippen LogP contribution in [0.25, 0.3) is 11.1 Å². The minimum Gasteiger partial charge on any atom is -0.493 e. The van der Waals surface area contributed by atoms with E-state index in [1.807, 2.05) is 6.07 Å². The lowest BCUT2D eigenvalue weighted by molar-refractivity contribution is -0.107. The summed E-state index contributed by atoms with van der Waals surface area (Å²) in [6.07, 6.45) is 1.28. The molecule has 7 nitrogen and oxygen atoms in total. The molecule has 1 amide bonds. The number of anilines is 1. The van der Waals surface area contributed by atoms with E-state index in [1.165, 1.54) is 25.2 Å². The van der Waals surface area contributed by atoms with Gasteiger partial charge in [-0.1, -0.05) is 0 Å². The lowest BCUT2D eigenvalue weighted by Crippen LogP contribution is -2.23. The van der Waals surface area contributed by atoms with E-state index in [9.17, 15) is 9.59 Å². The Morgan fingerprint density at radius 3 is 2.22 bits per heavy atom. The first-order valence-electron chi connectivity index (χ1n) is 8.36. The lowest BCUT2D eigenvalue weighted by Gasteiger charge is -2.19. The van der Waals surface area contributed by atoms with Crippen molar-refractivity contribution in [2.45, 2.75) is 6.42 Å². The molecule has 0 atom stereocenters. The first-order valence-corrected chi connectivity index (χ1v) is 8.36. The van der Waals surface area contributed by atoms with Crippen molar-refractivity contribution in [3.63, 3.8) is 0 Å². The average molecular weight is 371 g/mol. The molecule has 0 bridgehead atoms. The Labute approximate surface area is 157 Å². The van der Waals surface area contributed by atoms with Gasteiger partial charge in [0.1, 0.15) is 0 Å². The van der Waals surface area contributed by atoms with Crippen LogP contribution in [0.5, 0.6) is 23.0 Å². The van der Waals surface area contributed by atoms with Crippen LogP contribution in [0.4, 0.5) is 5.69 Å². The summed E-state index contributed by atoms with van der Waals surface area (Å²) in [5, 5.41) is 0. The molecule has 0 saturated heterocycles. The summed E-state index contributed by atoms with van der Waals surface area (Å²) < 4.78 is 21.8. The van der Waals surface area contributed by atoms with Gasteiger partial charge in [-0.05, 0) is 30.2 Å². The van der Waals surface area contributed by atoms with E-state index in [0.717, 1.165) is 17.5 Å². The maximum absolute atomic E-state index is 12.4. The smallest absolute Gasteiger partial charge is 0.222 e. The molecule has 0 aliphatic carbocycles. The van der Waals surface area contributed by atoms with Crippen molar-refractivity contribution < 1.29 is 23.7 Å². The Morgan fingerprint density at radius 1 is 0.926 bits per heavy atom. The van der Waals surface area contributed by atoms with E-state index in [0.29, 0.717) is 41.5 Å². The topological polar surface area (TPSA) is 74.3 Å². The molecule has 3 rings (SSSR count). The van der Waals surface area contributed by atoms with Crippen molar-refractivity contribution in [3.8, 4) is 34.1 Å². The predicted octanol–water partition coefficient (Wildman–Crippen LogP) is 2.27. The zero-order chi connectivity index (χ0) is 19.6. The van der Waals surface area contributed by atoms with Crippen molar-refractivity contribution in [2.24, 2.45) is 0 Å². The van der Waals surface area contributed by atoms with Gasteiger partial charge in [-0.3, -0.25) is 9.59 Å². The van der Waals surface area contributed by atoms with Gasteiger partial charge in [-0.15, -0.1) is 0 Å². The predicted molar refractivity (Wildman–Crippen MR) is 101 cm³/mol. The van der Waals surface area contributed by atoms with Crippen molar-refractivity contribution >= 4 is 12.1 Å². The number of methoxy groups -OCH3 is 4. The van der Waals surface area contributed by atoms with Crippen LogP contribution in [0.3, 0.4) is 0 Å². The van der Waals surface area contributed by atoms with E-state index in [4.69, 9.17) is 18.9 Å². The molecule has 0 N–H and O–H groups in total. The van der Waals surface area contributed by atoms with Gasteiger partial charge < -0.3 is 23.8 Å². The van der Waals surface area contributed by atoms with Gasteiger partial charge >= 0.3 is 0 Å². The van der Waals surface area contributed by atoms with Crippen LogP contribution in [0.1, 0.15) is 5.56 Å². The SMILES string of the molecule is COc1cc2c(c(OC)c1OC)-c1ccc(OC)c(=O)cc1N(C=O)CC2. The van der Waals surface area contributed by atoms with E-state index in [2.05, 4.69) is 0 Å². The molecule has 7 heteroatoms. The Kier molecular flexibility index (Phi) is 5.21. The fourth-order valence-electron chi connectivity index (χ4n) is 3.39. The van der Waals surface area contributed by atoms with Crippen LogP contribution in [-0.4, -0.2) is 41.4 Å². The molecule has 1 aliphatic rings. The number of hydrogen-bond donors (Lipinski definition) is 0. The summed E-state index contributed by atoms with van der Waals surface area (Å²) in [5.74, 6) is 1.66. The van der Waals surface area contributed by atoms with Crippen LogP contribution < -0.4 is 29.3 Å². The molecule has 2 aromatic rings. The van der Waals surface area contributed by atoms with Crippen LogP contribution in [0.2, 0.25) is 0 Å². The third kappa shape index (κ3) is 3.05. The van der Waals surface area contributed by atoms with Gasteiger partial charge in [0.25, 0.3) is 0 Å². The van der Waals surface area contributed by atoms with E-state index >= 15 is 0 Å². The lowest BCUT2D eigenvalue weighted by atomic mass is 9.96. The highest BCUT2D eigenvalue weighted by molar-refractivity contribution is 5.93. The summed E-state index contributed by atoms with van der Waals surface area (Å²) >= 11 is 0. The van der Waals surface area contributed by atoms with Crippen LogP contribution in [-0.2, 0) is 11.2 Å². The maximum Gasteiger partial charge on any atom is 0.222 e. The van der Waals surface area contributed by atoms with Gasteiger partial charge in [0, 0.05) is 23.7 Å². The largest absolute Gasteiger partial charge is 0.493 e. The minimum atomic E-state index is -0.312. The molecule has 0 radical (unpaired) electrons. The minimum absolute atomic E-state index is 0.190. The molecule has 0 saturated carbocycles. The fraction of sp³-hybridized carbons (Fsp3) is 0.300.